The molecule has 16 heavy (non-hydrogen) atoms. The molecule has 0 amide bonds. The molecule has 1 saturated heterocycles. The number of Topliss-reactive ketones (excluding diaryl/α,β-unsaturated/α-hetero) is 1. The van der Waals surface area contributed by atoms with Crippen LogP contribution in [0.3, 0.4) is 0 Å². The lowest BCUT2D eigenvalue weighted by Gasteiger charge is -2.32. The average molecular weight is 223 g/mol. The molecule has 0 aromatic rings. The van der Waals surface area contributed by atoms with E-state index in [4.69, 9.17) is 4.74 Å². The standard InChI is InChI=1S/C13H21NO2/c1-10(2)13(5-6-14-9-13)12(15)11-4-3-7-16-8-11/h8,10,14H,3-7,9H2,1-2H3. The summed E-state index contributed by atoms with van der Waals surface area (Å²) >= 11 is 0. The van der Waals surface area contributed by atoms with E-state index in [2.05, 4.69) is 19.2 Å². The second-order valence-corrected chi connectivity index (χ2v) is 5.18. The van der Waals surface area contributed by atoms with E-state index in [1.54, 1.807) is 6.26 Å². The molecular weight excluding hydrogens is 202 g/mol. The van der Waals surface area contributed by atoms with Crippen LogP contribution in [0.1, 0.15) is 33.1 Å². The van der Waals surface area contributed by atoms with Crippen LogP contribution >= 0.6 is 0 Å². The van der Waals surface area contributed by atoms with Crippen LogP contribution in [-0.2, 0) is 9.53 Å². The maximum absolute atomic E-state index is 12.6. The first kappa shape index (κ1) is 11.6. The summed E-state index contributed by atoms with van der Waals surface area (Å²) in [6.07, 6.45) is 4.50. The quantitative estimate of drug-likeness (QED) is 0.794. The Morgan fingerprint density at radius 3 is 2.88 bits per heavy atom. The summed E-state index contributed by atoms with van der Waals surface area (Å²) < 4.78 is 5.28. The van der Waals surface area contributed by atoms with Gasteiger partial charge in [0.2, 0.25) is 0 Å². The van der Waals surface area contributed by atoms with Gasteiger partial charge in [-0.15, -0.1) is 0 Å². The van der Waals surface area contributed by atoms with Crippen LogP contribution in [-0.4, -0.2) is 25.5 Å². The fraction of sp³-hybridized carbons (Fsp3) is 0.769. The van der Waals surface area contributed by atoms with Crippen LogP contribution in [0.2, 0.25) is 0 Å². The summed E-state index contributed by atoms with van der Waals surface area (Å²) in [6.45, 7) is 6.83. The number of ether oxygens (including phenoxy) is 1. The molecule has 0 saturated carbocycles. The predicted molar refractivity (Wildman–Crippen MR) is 63.0 cm³/mol. The van der Waals surface area contributed by atoms with Crippen LogP contribution in [0, 0.1) is 11.3 Å². The Morgan fingerprint density at radius 2 is 2.38 bits per heavy atom. The molecule has 2 heterocycles. The van der Waals surface area contributed by atoms with E-state index in [9.17, 15) is 4.79 Å². The third-order valence-electron chi connectivity index (χ3n) is 3.97. The Morgan fingerprint density at radius 1 is 1.56 bits per heavy atom. The molecule has 0 bridgehead atoms. The van der Waals surface area contributed by atoms with Gasteiger partial charge in [0.15, 0.2) is 5.78 Å². The van der Waals surface area contributed by atoms with Crippen molar-refractivity contribution in [3.05, 3.63) is 11.8 Å². The molecule has 1 N–H and O–H groups in total. The zero-order valence-electron chi connectivity index (χ0n) is 10.2. The number of hydrogen-bond acceptors (Lipinski definition) is 3. The van der Waals surface area contributed by atoms with Crippen LogP contribution in [0.15, 0.2) is 11.8 Å². The highest BCUT2D eigenvalue weighted by Crippen LogP contribution is 2.38. The minimum Gasteiger partial charge on any atom is -0.501 e. The molecule has 1 fully saturated rings. The Bertz CT molecular complexity index is 301. The van der Waals surface area contributed by atoms with Gasteiger partial charge < -0.3 is 10.1 Å². The van der Waals surface area contributed by atoms with Crippen molar-refractivity contribution in [2.24, 2.45) is 11.3 Å². The van der Waals surface area contributed by atoms with Gasteiger partial charge in [0.05, 0.1) is 12.9 Å². The maximum Gasteiger partial charge on any atom is 0.169 e. The molecule has 0 spiro atoms. The van der Waals surface area contributed by atoms with Crippen molar-refractivity contribution in [1.82, 2.24) is 5.32 Å². The Kier molecular flexibility index (Phi) is 3.33. The van der Waals surface area contributed by atoms with Crippen LogP contribution in [0.25, 0.3) is 0 Å². The van der Waals surface area contributed by atoms with Crippen LogP contribution < -0.4 is 5.32 Å². The third-order valence-corrected chi connectivity index (χ3v) is 3.97. The minimum atomic E-state index is -0.188. The zero-order valence-corrected chi connectivity index (χ0v) is 10.2. The number of allylic oxidation sites excluding steroid dienone is 1. The molecule has 1 unspecified atom stereocenters. The van der Waals surface area contributed by atoms with E-state index in [0.29, 0.717) is 11.7 Å². The van der Waals surface area contributed by atoms with Gasteiger partial charge in [-0.2, -0.15) is 0 Å². The van der Waals surface area contributed by atoms with Crippen molar-refractivity contribution in [2.45, 2.75) is 33.1 Å². The molecule has 2 aliphatic rings. The molecule has 2 rings (SSSR count). The minimum absolute atomic E-state index is 0.188. The fourth-order valence-electron chi connectivity index (χ4n) is 2.71. The summed E-state index contributed by atoms with van der Waals surface area (Å²) in [5, 5.41) is 3.33. The van der Waals surface area contributed by atoms with Gasteiger partial charge in [0.1, 0.15) is 0 Å². The van der Waals surface area contributed by atoms with E-state index in [1.807, 2.05) is 0 Å². The molecule has 0 aliphatic carbocycles. The summed E-state index contributed by atoms with van der Waals surface area (Å²) in [7, 11) is 0. The zero-order chi connectivity index (χ0) is 11.6. The van der Waals surface area contributed by atoms with E-state index < -0.39 is 0 Å². The largest absolute Gasteiger partial charge is 0.501 e. The molecule has 1 atom stereocenters. The highest BCUT2D eigenvalue weighted by molar-refractivity contribution is 6.00. The summed E-state index contributed by atoms with van der Waals surface area (Å²) in [4.78, 5) is 12.6. The van der Waals surface area contributed by atoms with Gasteiger partial charge in [0.25, 0.3) is 0 Å². The van der Waals surface area contributed by atoms with E-state index >= 15 is 0 Å². The molecular formula is C13H21NO2. The average Bonchev–Trinajstić information content (AvgIpc) is 2.79. The first-order valence-electron chi connectivity index (χ1n) is 6.23. The second-order valence-electron chi connectivity index (χ2n) is 5.18. The Labute approximate surface area is 97.2 Å². The van der Waals surface area contributed by atoms with Gasteiger partial charge in [-0.05, 0) is 31.7 Å². The van der Waals surface area contributed by atoms with Gasteiger partial charge >= 0.3 is 0 Å². The smallest absolute Gasteiger partial charge is 0.169 e. The number of nitrogens with one attached hydrogen (secondary N) is 1. The molecule has 90 valence electrons. The molecule has 0 radical (unpaired) electrons. The van der Waals surface area contributed by atoms with Crippen LogP contribution in [0.5, 0.6) is 0 Å². The molecule has 0 aromatic carbocycles. The van der Waals surface area contributed by atoms with Gasteiger partial charge in [0, 0.05) is 17.5 Å². The van der Waals surface area contributed by atoms with Crippen LogP contribution in [0.4, 0.5) is 0 Å². The summed E-state index contributed by atoms with van der Waals surface area (Å²) in [5.41, 5.74) is 0.704. The lowest BCUT2D eigenvalue weighted by atomic mass is 9.70. The summed E-state index contributed by atoms with van der Waals surface area (Å²) in [6, 6.07) is 0. The van der Waals surface area contributed by atoms with E-state index in [0.717, 1.165) is 44.5 Å². The topological polar surface area (TPSA) is 38.3 Å². The number of carbonyl (C=O) groups is 1. The number of carbonyl (C=O) groups excluding carboxylic acids is 1. The predicted octanol–water partition coefficient (Wildman–Crippen LogP) is 1.89. The fourth-order valence-corrected chi connectivity index (χ4v) is 2.71. The highest BCUT2D eigenvalue weighted by atomic mass is 16.5. The lowest BCUT2D eigenvalue weighted by Crippen LogP contribution is -2.39. The molecule has 0 aromatic heterocycles. The first-order chi connectivity index (χ1) is 7.67. The number of rotatable bonds is 3. The second kappa shape index (κ2) is 4.58. The monoisotopic (exact) mass is 223 g/mol. The van der Waals surface area contributed by atoms with Crippen molar-refractivity contribution in [1.29, 1.82) is 0 Å². The van der Waals surface area contributed by atoms with Crippen molar-refractivity contribution in [2.75, 3.05) is 19.7 Å². The highest BCUT2D eigenvalue weighted by Gasteiger charge is 2.44. The van der Waals surface area contributed by atoms with E-state index in [-0.39, 0.29) is 5.41 Å². The summed E-state index contributed by atoms with van der Waals surface area (Å²) in [5.74, 6) is 0.699. The van der Waals surface area contributed by atoms with Crippen molar-refractivity contribution >= 4 is 5.78 Å². The maximum atomic E-state index is 12.6. The van der Waals surface area contributed by atoms with Crippen molar-refractivity contribution in [3.8, 4) is 0 Å². The van der Waals surface area contributed by atoms with Crippen molar-refractivity contribution in [3.63, 3.8) is 0 Å². The molecule has 3 nitrogen and oxygen atoms in total. The first-order valence-corrected chi connectivity index (χ1v) is 6.23. The van der Waals surface area contributed by atoms with Gasteiger partial charge in [-0.1, -0.05) is 13.8 Å². The SMILES string of the molecule is CC(C)C1(C(=O)C2=COCCC2)CCNC1. The number of hydrogen-bond donors (Lipinski definition) is 1. The molecule has 2 aliphatic heterocycles. The lowest BCUT2D eigenvalue weighted by molar-refractivity contribution is -0.126. The Hall–Kier alpha value is -0.830. The van der Waals surface area contributed by atoms with Gasteiger partial charge in [-0.3, -0.25) is 4.79 Å². The molecule has 3 heteroatoms. The van der Waals surface area contributed by atoms with Crippen molar-refractivity contribution < 1.29 is 9.53 Å². The Balaban J connectivity index is 2.20. The number of ketones is 1. The normalized spacial score (nSPS) is 30.1. The van der Waals surface area contributed by atoms with E-state index in [1.165, 1.54) is 0 Å². The third kappa shape index (κ3) is 1.88. The van der Waals surface area contributed by atoms with Gasteiger partial charge in [-0.25, -0.2) is 0 Å².